The van der Waals surface area contributed by atoms with Gasteiger partial charge < -0.3 is 11.1 Å². The molecule has 3 N–H and O–H groups in total. The van der Waals surface area contributed by atoms with Crippen LogP contribution in [0.3, 0.4) is 0 Å². The Kier molecular flexibility index (Phi) is 3.31. The molecule has 0 bridgehead atoms. The number of carbonyl (C=O) groups is 1. The SMILES string of the molecule is CC(C)(Nc1c(F)cccc1[N+](=O)[O-])C(N)=O. The van der Waals surface area contributed by atoms with Gasteiger partial charge in [0.15, 0.2) is 11.5 Å². The molecule has 0 saturated carbocycles. The molecular formula is C10H12FN3O3. The van der Waals surface area contributed by atoms with E-state index >= 15 is 0 Å². The third-order valence-electron chi connectivity index (χ3n) is 2.24. The van der Waals surface area contributed by atoms with E-state index in [0.29, 0.717) is 0 Å². The average Bonchev–Trinajstić information content (AvgIpc) is 2.20. The maximum Gasteiger partial charge on any atom is 0.295 e. The monoisotopic (exact) mass is 241 g/mol. The lowest BCUT2D eigenvalue weighted by atomic mass is 10.0. The lowest BCUT2D eigenvalue weighted by Crippen LogP contribution is -2.45. The van der Waals surface area contributed by atoms with E-state index in [2.05, 4.69) is 5.32 Å². The van der Waals surface area contributed by atoms with E-state index in [-0.39, 0.29) is 5.69 Å². The number of para-hydroxylation sites is 1. The van der Waals surface area contributed by atoms with Crippen molar-refractivity contribution in [1.82, 2.24) is 0 Å². The molecule has 0 atom stereocenters. The van der Waals surface area contributed by atoms with Crippen LogP contribution in [0.2, 0.25) is 0 Å². The number of hydrogen-bond acceptors (Lipinski definition) is 4. The largest absolute Gasteiger partial charge is 0.368 e. The van der Waals surface area contributed by atoms with Crippen molar-refractivity contribution in [3.05, 3.63) is 34.1 Å². The Labute approximate surface area is 96.8 Å². The van der Waals surface area contributed by atoms with E-state index in [9.17, 15) is 19.3 Å². The Morgan fingerprint density at radius 1 is 1.53 bits per heavy atom. The number of carbonyl (C=O) groups excluding carboxylic acids is 1. The highest BCUT2D eigenvalue weighted by atomic mass is 19.1. The molecule has 92 valence electrons. The average molecular weight is 241 g/mol. The Hall–Kier alpha value is -2.18. The number of nitrogens with one attached hydrogen (secondary N) is 1. The van der Waals surface area contributed by atoms with E-state index in [0.717, 1.165) is 12.1 Å². The summed E-state index contributed by atoms with van der Waals surface area (Å²) in [6.07, 6.45) is 0. The minimum Gasteiger partial charge on any atom is -0.368 e. The molecule has 6 nitrogen and oxygen atoms in total. The summed E-state index contributed by atoms with van der Waals surface area (Å²) in [5, 5.41) is 13.2. The summed E-state index contributed by atoms with van der Waals surface area (Å²) in [5.74, 6) is -1.55. The first-order valence-electron chi connectivity index (χ1n) is 4.76. The van der Waals surface area contributed by atoms with E-state index < -0.39 is 27.9 Å². The van der Waals surface area contributed by atoms with Gasteiger partial charge in [0.25, 0.3) is 5.69 Å². The van der Waals surface area contributed by atoms with Crippen molar-refractivity contribution >= 4 is 17.3 Å². The fraction of sp³-hybridized carbons (Fsp3) is 0.300. The minimum atomic E-state index is -1.28. The normalized spacial score (nSPS) is 11.0. The van der Waals surface area contributed by atoms with Gasteiger partial charge in [-0.2, -0.15) is 0 Å². The molecule has 0 aliphatic rings. The smallest absolute Gasteiger partial charge is 0.295 e. The van der Waals surface area contributed by atoms with Crippen LogP contribution in [0.1, 0.15) is 13.8 Å². The van der Waals surface area contributed by atoms with Crippen LogP contribution in [-0.4, -0.2) is 16.4 Å². The van der Waals surface area contributed by atoms with Crippen molar-refractivity contribution in [2.45, 2.75) is 19.4 Å². The van der Waals surface area contributed by atoms with E-state index in [4.69, 9.17) is 5.73 Å². The summed E-state index contributed by atoms with van der Waals surface area (Å²) < 4.78 is 13.5. The van der Waals surface area contributed by atoms with Gasteiger partial charge in [0, 0.05) is 6.07 Å². The summed E-state index contributed by atoms with van der Waals surface area (Å²) in [7, 11) is 0. The number of hydrogen-bond donors (Lipinski definition) is 2. The van der Waals surface area contributed by atoms with E-state index in [1.807, 2.05) is 0 Å². The molecule has 1 aromatic carbocycles. The highest BCUT2D eigenvalue weighted by Gasteiger charge is 2.29. The number of nitro groups is 1. The van der Waals surface area contributed by atoms with Gasteiger partial charge in [-0.1, -0.05) is 6.07 Å². The second-order valence-corrected chi connectivity index (χ2v) is 4.01. The lowest BCUT2D eigenvalue weighted by Gasteiger charge is -2.23. The van der Waals surface area contributed by atoms with Gasteiger partial charge in [-0.15, -0.1) is 0 Å². The van der Waals surface area contributed by atoms with Gasteiger partial charge in [-0.25, -0.2) is 4.39 Å². The zero-order valence-corrected chi connectivity index (χ0v) is 9.36. The molecule has 0 radical (unpaired) electrons. The van der Waals surface area contributed by atoms with Crippen molar-refractivity contribution < 1.29 is 14.1 Å². The number of nitro benzene ring substituents is 1. The summed E-state index contributed by atoms with van der Waals surface area (Å²) in [4.78, 5) is 21.1. The van der Waals surface area contributed by atoms with Crippen molar-refractivity contribution in [2.75, 3.05) is 5.32 Å². The topological polar surface area (TPSA) is 98.3 Å². The lowest BCUT2D eigenvalue weighted by molar-refractivity contribution is -0.384. The molecule has 17 heavy (non-hydrogen) atoms. The summed E-state index contributed by atoms with van der Waals surface area (Å²) in [6, 6.07) is 3.42. The van der Waals surface area contributed by atoms with Gasteiger partial charge in [0.1, 0.15) is 5.54 Å². The third kappa shape index (κ3) is 2.68. The van der Waals surface area contributed by atoms with Crippen LogP contribution in [0.15, 0.2) is 18.2 Å². The summed E-state index contributed by atoms with van der Waals surface area (Å²) >= 11 is 0. The highest BCUT2D eigenvalue weighted by Crippen LogP contribution is 2.29. The Balaban J connectivity index is 3.22. The zero-order chi connectivity index (χ0) is 13.2. The number of anilines is 1. The molecule has 0 spiro atoms. The molecule has 0 unspecified atom stereocenters. The van der Waals surface area contributed by atoms with Crippen LogP contribution in [0.25, 0.3) is 0 Å². The van der Waals surface area contributed by atoms with Crippen molar-refractivity contribution in [3.8, 4) is 0 Å². The van der Waals surface area contributed by atoms with Crippen LogP contribution >= 0.6 is 0 Å². The van der Waals surface area contributed by atoms with Crippen LogP contribution < -0.4 is 11.1 Å². The molecule has 7 heteroatoms. The maximum atomic E-state index is 13.5. The quantitative estimate of drug-likeness (QED) is 0.615. The molecule has 0 heterocycles. The molecule has 0 fully saturated rings. The third-order valence-corrected chi connectivity index (χ3v) is 2.24. The molecule has 0 saturated heterocycles. The predicted molar refractivity (Wildman–Crippen MR) is 60.0 cm³/mol. The number of nitrogens with zero attached hydrogens (tertiary/aromatic N) is 1. The number of rotatable bonds is 4. The fourth-order valence-corrected chi connectivity index (χ4v) is 1.16. The van der Waals surface area contributed by atoms with Crippen LogP contribution in [0, 0.1) is 15.9 Å². The Morgan fingerprint density at radius 3 is 2.59 bits per heavy atom. The molecule has 0 aliphatic carbocycles. The molecular weight excluding hydrogens is 229 g/mol. The van der Waals surface area contributed by atoms with Crippen LogP contribution in [0.5, 0.6) is 0 Å². The molecule has 1 rings (SSSR count). The first kappa shape index (κ1) is 12.9. The predicted octanol–water partition coefficient (Wildman–Crippen LogP) is 1.41. The second-order valence-electron chi connectivity index (χ2n) is 4.01. The van der Waals surface area contributed by atoms with E-state index in [1.54, 1.807) is 0 Å². The highest BCUT2D eigenvalue weighted by molar-refractivity contribution is 5.87. The van der Waals surface area contributed by atoms with Crippen molar-refractivity contribution in [1.29, 1.82) is 0 Å². The first-order valence-corrected chi connectivity index (χ1v) is 4.76. The first-order chi connectivity index (χ1) is 7.75. The van der Waals surface area contributed by atoms with Gasteiger partial charge >= 0.3 is 0 Å². The minimum absolute atomic E-state index is 0.346. The van der Waals surface area contributed by atoms with Crippen LogP contribution in [-0.2, 0) is 4.79 Å². The van der Waals surface area contributed by atoms with Gasteiger partial charge in [-0.05, 0) is 19.9 Å². The molecule has 0 aromatic heterocycles. The summed E-state index contributed by atoms with van der Waals surface area (Å²) in [6.45, 7) is 2.82. The molecule has 0 aliphatic heterocycles. The Bertz CT molecular complexity index is 474. The molecule has 1 amide bonds. The number of amides is 1. The van der Waals surface area contributed by atoms with Crippen molar-refractivity contribution in [2.24, 2.45) is 5.73 Å². The van der Waals surface area contributed by atoms with Gasteiger partial charge in [0.2, 0.25) is 5.91 Å². The standard InChI is InChI=1S/C10H12FN3O3/c1-10(2,9(12)15)13-8-6(11)4-3-5-7(8)14(16)17/h3-5,13H,1-2H3,(H2,12,15). The van der Waals surface area contributed by atoms with Crippen LogP contribution in [0.4, 0.5) is 15.8 Å². The molecule has 1 aromatic rings. The second kappa shape index (κ2) is 4.36. The Morgan fingerprint density at radius 2 is 2.12 bits per heavy atom. The van der Waals surface area contributed by atoms with E-state index in [1.165, 1.54) is 19.9 Å². The fourth-order valence-electron chi connectivity index (χ4n) is 1.16. The number of nitrogens with two attached hydrogens (primary N) is 1. The maximum absolute atomic E-state index is 13.5. The zero-order valence-electron chi connectivity index (χ0n) is 9.36. The van der Waals surface area contributed by atoms with Crippen molar-refractivity contribution in [3.63, 3.8) is 0 Å². The summed E-state index contributed by atoms with van der Waals surface area (Å²) in [5.41, 5.74) is 3.02. The van der Waals surface area contributed by atoms with Gasteiger partial charge in [-0.3, -0.25) is 14.9 Å². The van der Waals surface area contributed by atoms with Gasteiger partial charge in [0.05, 0.1) is 4.92 Å². The number of benzene rings is 1. The number of primary amides is 1. The number of halogens is 1.